The summed E-state index contributed by atoms with van der Waals surface area (Å²) in [6, 6.07) is 4.07. The van der Waals surface area contributed by atoms with E-state index in [-0.39, 0.29) is 22.2 Å². The maximum Gasteiger partial charge on any atom is 0.416 e. The van der Waals surface area contributed by atoms with Crippen LogP contribution in [0.15, 0.2) is 42.5 Å². The zero-order valence-electron chi connectivity index (χ0n) is 10.5. The average molecular weight is 363 g/mol. The lowest BCUT2D eigenvalue weighted by Gasteiger charge is -2.09. The van der Waals surface area contributed by atoms with E-state index in [1.807, 2.05) is 0 Å². The molecule has 1 rings (SSSR count). The highest BCUT2D eigenvalue weighted by Crippen LogP contribution is 2.30. The van der Waals surface area contributed by atoms with Gasteiger partial charge < -0.3 is 5.11 Å². The fourth-order valence-electron chi connectivity index (χ4n) is 1.49. The highest BCUT2D eigenvalue weighted by atomic mass is 79.9. The summed E-state index contributed by atoms with van der Waals surface area (Å²) < 4.78 is 37.4. The molecular formula is C14H10BrF3O3. The Morgan fingerprint density at radius 3 is 2.19 bits per heavy atom. The molecule has 1 N–H and O–H groups in total. The topological polar surface area (TPSA) is 54.4 Å². The van der Waals surface area contributed by atoms with Crippen LogP contribution >= 0.6 is 15.9 Å². The van der Waals surface area contributed by atoms with Crippen LogP contribution in [-0.2, 0) is 15.8 Å². The fraction of sp³-hybridized carbons (Fsp3) is 0.143. The lowest BCUT2D eigenvalue weighted by Crippen LogP contribution is -2.06. The molecule has 3 nitrogen and oxygen atoms in total. The smallest absolute Gasteiger partial charge is 0.416 e. The predicted molar refractivity (Wildman–Crippen MR) is 75.0 cm³/mol. The van der Waals surface area contributed by atoms with Gasteiger partial charge in [0, 0.05) is 11.6 Å². The van der Waals surface area contributed by atoms with Gasteiger partial charge in [0.2, 0.25) is 0 Å². The Bertz CT molecular complexity index is 586. The summed E-state index contributed by atoms with van der Waals surface area (Å²) in [6.07, 6.45) is -1.23. The molecule has 21 heavy (non-hydrogen) atoms. The Hall–Kier alpha value is -1.89. The maximum absolute atomic E-state index is 12.5. The molecule has 7 heteroatoms. The van der Waals surface area contributed by atoms with Crippen molar-refractivity contribution in [2.45, 2.75) is 6.18 Å². The number of allylic oxidation sites excluding steroid dienone is 3. The van der Waals surface area contributed by atoms with E-state index in [1.54, 1.807) is 0 Å². The third-order valence-corrected chi connectivity index (χ3v) is 2.96. The second-order valence-corrected chi connectivity index (χ2v) is 4.47. The van der Waals surface area contributed by atoms with Crippen molar-refractivity contribution in [3.05, 3.63) is 53.6 Å². The fourth-order valence-corrected chi connectivity index (χ4v) is 1.79. The van der Waals surface area contributed by atoms with Gasteiger partial charge >= 0.3 is 12.1 Å². The van der Waals surface area contributed by atoms with Crippen LogP contribution in [0.4, 0.5) is 13.2 Å². The van der Waals surface area contributed by atoms with Crippen molar-refractivity contribution in [3.8, 4) is 0 Å². The van der Waals surface area contributed by atoms with E-state index < -0.39 is 17.7 Å². The van der Waals surface area contributed by atoms with E-state index in [9.17, 15) is 22.8 Å². The van der Waals surface area contributed by atoms with E-state index in [0.717, 1.165) is 24.3 Å². The van der Waals surface area contributed by atoms with Crippen LogP contribution in [-0.4, -0.2) is 22.2 Å². The summed E-state index contributed by atoms with van der Waals surface area (Å²) >= 11 is 2.97. The molecule has 0 aromatic heterocycles. The molecule has 0 heterocycles. The number of aliphatic carboxylic acids is 1. The molecule has 1 aromatic carbocycles. The number of alkyl halides is 4. The molecule has 0 saturated carbocycles. The number of carbonyl (C=O) groups excluding carboxylic acids is 1. The molecule has 1 aromatic rings. The summed E-state index contributed by atoms with van der Waals surface area (Å²) in [6.45, 7) is 0. The van der Waals surface area contributed by atoms with Crippen LogP contribution in [0.3, 0.4) is 0 Å². The molecule has 112 valence electrons. The monoisotopic (exact) mass is 362 g/mol. The van der Waals surface area contributed by atoms with E-state index in [2.05, 4.69) is 15.9 Å². The normalized spacial score (nSPS) is 12.7. The molecule has 0 amide bonds. The van der Waals surface area contributed by atoms with Gasteiger partial charge in [0.1, 0.15) is 0 Å². The zero-order chi connectivity index (χ0) is 16.0. The largest absolute Gasteiger partial charge is 0.478 e. The Morgan fingerprint density at radius 1 is 1.19 bits per heavy atom. The number of halogens is 4. The van der Waals surface area contributed by atoms with Gasteiger partial charge in [-0.2, -0.15) is 13.2 Å². The van der Waals surface area contributed by atoms with E-state index in [0.29, 0.717) is 0 Å². The van der Waals surface area contributed by atoms with Crippen molar-refractivity contribution in [1.82, 2.24) is 0 Å². The Balaban J connectivity index is 3.16. The summed E-state index contributed by atoms with van der Waals surface area (Å²) in [5, 5.41) is 8.46. The molecule has 0 radical (unpaired) electrons. The van der Waals surface area contributed by atoms with Crippen molar-refractivity contribution in [2.24, 2.45) is 0 Å². The number of hydrogen-bond donors (Lipinski definition) is 1. The first-order valence-electron chi connectivity index (χ1n) is 5.64. The molecule has 0 aliphatic rings. The van der Waals surface area contributed by atoms with Crippen LogP contribution in [0.25, 0.3) is 5.57 Å². The number of carbonyl (C=O) groups is 2. The van der Waals surface area contributed by atoms with Gasteiger partial charge in [0.15, 0.2) is 5.78 Å². The van der Waals surface area contributed by atoms with Crippen molar-refractivity contribution < 1.29 is 27.9 Å². The molecule has 0 aliphatic heterocycles. The molecule has 0 spiro atoms. The number of Topliss-reactive ketones (excluding diaryl/α,β-unsaturated/α-hetero) is 1. The average Bonchev–Trinajstić information content (AvgIpc) is 2.42. The zero-order valence-corrected chi connectivity index (χ0v) is 12.1. The summed E-state index contributed by atoms with van der Waals surface area (Å²) in [5.41, 5.74) is -0.418. The number of rotatable bonds is 5. The Morgan fingerprint density at radius 2 is 1.76 bits per heavy atom. The second kappa shape index (κ2) is 7.21. The van der Waals surface area contributed by atoms with Crippen LogP contribution in [0.2, 0.25) is 0 Å². The molecule has 0 unspecified atom stereocenters. The van der Waals surface area contributed by atoms with Gasteiger partial charge in [-0.25, -0.2) is 4.79 Å². The molecule has 0 bridgehead atoms. The number of carboxylic acids is 1. The van der Waals surface area contributed by atoms with Gasteiger partial charge in [0.05, 0.1) is 10.9 Å². The predicted octanol–water partition coefficient (Wildman–Crippen LogP) is 3.69. The SMILES string of the molecule is O=C(O)/C=C/C=C(/C(=O)CBr)c1ccc(C(F)(F)F)cc1. The molecule has 0 fully saturated rings. The van der Waals surface area contributed by atoms with E-state index in [1.165, 1.54) is 18.2 Å². The van der Waals surface area contributed by atoms with Gasteiger partial charge in [-0.1, -0.05) is 40.2 Å². The first-order valence-corrected chi connectivity index (χ1v) is 6.76. The molecular weight excluding hydrogens is 353 g/mol. The minimum absolute atomic E-state index is 0.0270. The minimum atomic E-state index is -4.45. The third-order valence-electron chi connectivity index (χ3n) is 2.45. The maximum atomic E-state index is 12.5. The third kappa shape index (κ3) is 5.18. The van der Waals surface area contributed by atoms with Gasteiger partial charge in [-0.05, 0) is 17.7 Å². The summed E-state index contributed by atoms with van der Waals surface area (Å²) in [4.78, 5) is 22.1. The van der Waals surface area contributed by atoms with Crippen molar-refractivity contribution in [1.29, 1.82) is 0 Å². The van der Waals surface area contributed by atoms with Crippen LogP contribution in [0.1, 0.15) is 11.1 Å². The lowest BCUT2D eigenvalue weighted by atomic mass is 10.0. The van der Waals surface area contributed by atoms with Crippen molar-refractivity contribution in [2.75, 3.05) is 5.33 Å². The number of hydrogen-bond acceptors (Lipinski definition) is 2. The number of benzene rings is 1. The van der Waals surface area contributed by atoms with Gasteiger partial charge in [0.25, 0.3) is 0 Å². The lowest BCUT2D eigenvalue weighted by molar-refractivity contribution is -0.137. The number of carboxylic acid groups (broad SMARTS) is 1. The van der Waals surface area contributed by atoms with Crippen LogP contribution < -0.4 is 0 Å². The molecule has 0 aliphatic carbocycles. The summed E-state index contributed by atoms with van der Waals surface area (Å²) in [7, 11) is 0. The molecule has 0 atom stereocenters. The van der Waals surface area contributed by atoms with Crippen molar-refractivity contribution >= 4 is 33.3 Å². The summed E-state index contributed by atoms with van der Waals surface area (Å²) in [5.74, 6) is -1.56. The van der Waals surface area contributed by atoms with Crippen LogP contribution in [0.5, 0.6) is 0 Å². The van der Waals surface area contributed by atoms with E-state index in [4.69, 9.17) is 5.11 Å². The Kier molecular flexibility index (Phi) is 5.90. The quantitative estimate of drug-likeness (QED) is 0.493. The highest BCUT2D eigenvalue weighted by molar-refractivity contribution is 9.09. The number of ketones is 1. The van der Waals surface area contributed by atoms with Gasteiger partial charge in [-0.3, -0.25) is 4.79 Å². The van der Waals surface area contributed by atoms with Crippen LogP contribution in [0, 0.1) is 0 Å². The first-order chi connectivity index (χ1) is 9.75. The highest BCUT2D eigenvalue weighted by Gasteiger charge is 2.30. The second-order valence-electron chi connectivity index (χ2n) is 3.91. The van der Waals surface area contributed by atoms with E-state index >= 15 is 0 Å². The van der Waals surface area contributed by atoms with Crippen molar-refractivity contribution in [3.63, 3.8) is 0 Å². The minimum Gasteiger partial charge on any atom is -0.478 e. The molecule has 0 saturated heterocycles. The Labute approximate surface area is 126 Å². The van der Waals surface area contributed by atoms with Gasteiger partial charge in [-0.15, -0.1) is 0 Å². The first kappa shape index (κ1) is 17.2. The standard InChI is InChI=1S/C14H10BrF3O3/c15-8-12(19)11(2-1-3-13(20)21)9-4-6-10(7-5-9)14(16,17)18/h1-7H,8H2,(H,20,21)/b3-1+,11-2+.